The van der Waals surface area contributed by atoms with Gasteiger partial charge in [-0.25, -0.2) is 8.42 Å². The van der Waals surface area contributed by atoms with Crippen LogP contribution in [0.25, 0.3) is 10.8 Å². The van der Waals surface area contributed by atoms with E-state index < -0.39 is 51.4 Å². The van der Waals surface area contributed by atoms with Crippen LogP contribution in [0.1, 0.15) is 25.0 Å². The summed E-state index contributed by atoms with van der Waals surface area (Å²) in [6.45, 7) is 3.15. The number of hydrogen-bond acceptors (Lipinski definition) is 8. The Bertz CT molecular complexity index is 1760. The Morgan fingerprint density at radius 3 is 2.49 bits per heavy atom. The maximum atomic E-state index is 14.5. The first-order chi connectivity index (χ1) is 20.3. The third-order valence-electron chi connectivity index (χ3n) is 7.47. The monoisotopic (exact) mass is 669 g/mol. The van der Waals surface area contributed by atoms with E-state index in [1.807, 2.05) is 24.3 Å². The number of fused-ring (bicyclic) bond motifs is 2. The number of halogens is 1. The SMILES string of the molecule is CNC(C)C(=O)N[C@@H]1C(=O)N(Cc2c(OC)ccc3c(Br)cccc23)c2cc(C#N)ccc2N(C(=O)CS(C)(=O)=O)[C@H]1C. The van der Waals surface area contributed by atoms with Crippen molar-refractivity contribution in [2.75, 3.05) is 36.0 Å². The fraction of sp³-hybridized carbons (Fsp3) is 0.333. The molecule has 0 radical (unpaired) electrons. The quantitative estimate of drug-likeness (QED) is 0.372. The smallest absolute Gasteiger partial charge is 0.252 e. The zero-order valence-electron chi connectivity index (χ0n) is 24.3. The van der Waals surface area contributed by atoms with Gasteiger partial charge in [0.1, 0.15) is 17.5 Å². The molecule has 0 saturated heterocycles. The number of nitrogens with one attached hydrogen (secondary N) is 2. The fourth-order valence-electron chi connectivity index (χ4n) is 5.16. The van der Waals surface area contributed by atoms with Crippen LogP contribution in [0.2, 0.25) is 0 Å². The van der Waals surface area contributed by atoms with Crippen LogP contribution in [0.3, 0.4) is 0 Å². The molecule has 0 fully saturated rings. The number of sulfone groups is 1. The molecule has 3 atom stereocenters. The predicted molar refractivity (Wildman–Crippen MR) is 168 cm³/mol. The standard InChI is InChI=1S/C30H32BrN5O6S/c1-17(33-3)29(38)34-28-18(2)36(27(37)16-43(5,40)41)24-11-9-19(14-32)13-25(24)35(30(28)39)15-22-20-7-6-8-23(31)21(20)10-12-26(22)42-4/h6-13,17-18,28,33H,15-16H2,1-5H3,(H,34,38)/t17?,18-,28-/m0/s1. The van der Waals surface area contributed by atoms with Crippen molar-refractivity contribution in [3.63, 3.8) is 0 Å². The first kappa shape index (κ1) is 31.9. The summed E-state index contributed by atoms with van der Waals surface area (Å²) in [5, 5.41) is 17.0. The second-order valence-corrected chi connectivity index (χ2v) is 13.4. The van der Waals surface area contributed by atoms with Crippen LogP contribution < -0.4 is 25.2 Å². The lowest BCUT2D eigenvalue weighted by atomic mass is 10.0. The van der Waals surface area contributed by atoms with Gasteiger partial charge in [0.2, 0.25) is 11.8 Å². The van der Waals surface area contributed by atoms with Gasteiger partial charge in [-0.1, -0.05) is 28.1 Å². The van der Waals surface area contributed by atoms with Crippen molar-refractivity contribution in [3.8, 4) is 11.8 Å². The molecule has 43 heavy (non-hydrogen) atoms. The van der Waals surface area contributed by atoms with Gasteiger partial charge in [0.05, 0.1) is 48.7 Å². The van der Waals surface area contributed by atoms with Gasteiger partial charge in [-0.05, 0) is 68.1 Å². The lowest BCUT2D eigenvalue weighted by molar-refractivity contribution is -0.129. The highest BCUT2D eigenvalue weighted by Crippen LogP contribution is 2.40. The molecule has 0 saturated carbocycles. The first-order valence-electron chi connectivity index (χ1n) is 13.4. The van der Waals surface area contributed by atoms with Gasteiger partial charge in [0.15, 0.2) is 9.84 Å². The fourth-order valence-corrected chi connectivity index (χ4v) is 6.24. The molecular weight excluding hydrogens is 638 g/mol. The highest BCUT2D eigenvalue weighted by atomic mass is 79.9. The molecular formula is C30H32BrN5O6S. The molecule has 4 rings (SSSR count). The van der Waals surface area contributed by atoms with E-state index in [0.29, 0.717) is 11.3 Å². The van der Waals surface area contributed by atoms with E-state index in [9.17, 15) is 28.1 Å². The third kappa shape index (κ3) is 6.51. The van der Waals surface area contributed by atoms with Gasteiger partial charge >= 0.3 is 0 Å². The molecule has 0 spiro atoms. The Hall–Kier alpha value is -3.99. The van der Waals surface area contributed by atoms with E-state index in [2.05, 4.69) is 32.6 Å². The molecule has 3 aromatic rings. The lowest BCUT2D eigenvalue weighted by Crippen LogP contribution is -2.60. The molecule has 11 nitrogen and oxygen atoms in total. The number of amides is 3. The summed E-state index contributed by atoms with van der Waals surface area (Å²) in [5.41, 5.74) is 1.32. The minimum absolute atomic E-state index is 0.0491. The summed E-state index contributed by atoms with van der Waals surface area (Å²) in [6, 6.07) is 13.0. The second kappa shape index (κ2) is 12.7. The van der Waals surface area contributed by atoms with Crippen LogP contribution in [0.4, 0.5) is 11.4 Å². The molecule has 13 heteroatoms. The topological polar surface area (TPSA) is 149 Å². The van der Waals surface area contributed by atoms with Crippen molar-refractivity contribution in [2.24, 2.45) is 0 Å². The Labute approximate surface area is 258 Å². The maximum Gasteiger partial charge on any atom is 0.252 e. The van der Waals surface area contributed by atoms with Crippen molar-refractivity contribution >= 4 is 65.6 Å². The van der Waals surface area contributed by atoms with Crippen molar-refractivity contribution in [3.05, 3.63) is 64.1 Å². The van der Waals surface area contributed by atoms with Crippen molar-refractivity contribution in [2.45, 2.75) is 38.5 Å². The van der Waals surface area contributed by atoms with Crippen molar-refractivity contribution in [1.29, 1.82) is 5.26 Å². The van der Waals surface area contributed by atoms with Crippen LogP contribution >= 0.6 is 15.9 Å². The molecule has 2 N–H and O–H groups in total. The number of nitrogens with zero attached hydrogens (tertiary/aromatic N) is 3. The van der Waals surface area contributed by atoms with Gasteiger partial charge in [-0.15, -0.1) is 0 Å². The number of nitriles is 1. The average Bonchev–Trinajstić information content (AvgIpc) is 3.04. The van der Waals surface area contributed by atoms with Crippen LogP contribution in [0, 0.1) is 11.3 Å². The number of methoxy groups -OCH3 is 1. The normalized spacial score (nSPS) is 17.6. The first-order valence-corrected chi connectivity index (χ1v) is 16.2. The highest BCUT2D eigenvalue weighted by molar-refractivity contribution is 9.10. The molecule has 0 aliphatic carbocycles. The minimum Gasteiger partial charge on any atom is -0.496 e. The molecule has 1 aliphatic rings. The van der Waals surface area contributed by atoms with E-state index in [-0.39, 0.29) is 23.5 Å². The van der Waals surface area contributed by atoms with Crippen molar-refractivity contribution in [1.82, 2.24) is 10.6 Å². The number of benzene rings is 3. The molecule has 1 aliphatic heterocycles. The van der Waals surface area contributed by atoms with Gasteiger partial charge in [0.25, 0.3) is 5.91 Å². The summed E-state index contributed by atoms with van der Waals surface area (Å²) in [7, 11) is -0.638. The van der Waals surface area contributed by atoms with Crippen LogP contribution in [-0.4, -0.2) is 70.4 Å². The molecule has 3 amide bonds. The third-order valence-corrected chi connectivity index (χ3v) is 8.93. The summed E-state index contributed by atoms with van der Waals surface area (Å²) >= 11 is 3.58. The van der Waals surface area contributed by atoms with Gasteiger partial charge in [0, 0.05) is 16.3 Å². The van der Waals surface area contributed by atoms with E-state index in [1.165, 1.54) is 35.1 Å². The van der Waals surface area contributed by atoms with E-state index in [4.69, 9.17) is 4.74 Å². The molecule has 226 valence electrons. The number of carbonyl (C=O) groups is 3. The maximum absolute atomic E-state index is 14.5. The lowest BCUT2D eigenvalue weighted by Gasteiger charge is -2.32. The van der Waals surface area contributed by atoms with Gasteiger partial charge < -0.3 is 25.2 Å². The Morgan fingerprint density at radius 1 is 1.14 bits per heavy atom. The molecule has 0 bridgehead atoms. The number of anilines is 2. The van der Waals surface area contributed by atoms with Crippen molar-refractivity contribution < 1.29 is 27.5 Å². The number of rotatable bonds is 8. The highest BCUT2D eigenvalue weighted by Gasteiger charge is 2.43. The zero-order valence-corrected chi connectivity index (χ0v) is 26.7. The van der Waals surface area contributed by atoms with E-state index in [0.717, 1.165) is 21.5 Å². The summed E-state index contributed by atoms with van der Waals surface area (Å²) in [5.74, 6) is -2.13. The number of likely N-dealkylation sites (N-methyl/N-ethyl adjacent to an activating group) is 1. The Kier molecular flexibility index (Phi) is 9.44. The van der Waals surface area contributed by atoms with Crippen LogP contribution in [0.5, 0.6) is 5.75 Å². The van der Waals surface area contributed by atoms with Gasteiger partial charge in [-0.2, -0.15) is 5.26 Å². The summed E-state index contributed by atoms with van der Waals surface area (Å²) in [4.78, 5) is 43.9. The number of hydrogen-bond donors (Lipinski definition) is 2. The second-order valence-electron chi connectivity index (χ2n) is 10.4. The zero-order chi connectivity index (χ0) is 31.6. The average molecular weight is 671 g/mol. The molecule has 1 heterocycles. The van der Waals surface area contributed by atoms with Crippen LogP contribution in [-0.2, 0) is 30.8 Å². The number of carbonyl (C=O) groups excluding carboxylic acids is 3. The number of ether oxygens (including phenoxy) is 1. The Morgan fingerprint density at radius 2 is 1.86 bits per heavy atom. The summed E-state index contributed by atoms with van der Waals surface area (Å²) < 4.78 is 30.9. The van der Waals surface area contributed by atoms with Crippen LogP contribution in [0.15, 0.2) is 53.0 Å². The van der Waals surface area contributed by atoms with E-state index >= 15 is 0 Å². The Balaban J connectivity index is 1.99. The largest absolute Gasteiger partial charge is 0.496 e. The van der Waals surface area contributed by atoms with E-state index in [1.54, 1.807) is 27.0 Å². The molecule has 1 unspecified atom stereocenters. The summed E-state index contributed by atoms with van der Waals surface area (Å²) in [6.07, 6.45) is 0.948. The van der Waals surface area contributed by atoms with Gasteiger partial charge in [-0.3, -0.25) is 14.4 Å². The minimum atomic E-state index is -3.75. The predicted octanol–water partition coefficient (Wildman–Crippen LogP) is 2.89. The molecule has 0 aromatic heterocycles. The molecule has 3 aromatic carbocycles.